The summed E-state index contributed by atoms with van der Waals surface area (Å²) in [7, 11) is 3.26. The first-order chi connectivity index (χ1) is 38.7. The van der Waals surface area contributed by atoms with Crippen molar-refractivity contribution in [1.82, 2.24) is 49.0 Å². The Morgan fingerprint density at radius 3 is 1.40 bits per heavy atom. The molecule has 0 unspecified atom stereocenters. The highest BCUT2D eigenvalue weighted by atomic mass is 79.9. The number of aromatic nitrogens is 8. The Bertz CT molecular complexity index is 3630. The number of ether oxygens (including phenoxy) is 2. The van der Waals surface area contributed by atoms with E-state index in [9.17, 15) is 15.6 Å². The second-order valence-corrected chi connectivity index (χ2v) is 22.3. The largest absolute Gasteiger partial charge is 0.481 e. The summed E-state index contributed by atoms with van der Waals surface area (Å²) in [5.74, 6) is 11.2. The lowest BCUT2D eigenvalue weighted by Crippen LogP contribution is -2.56. The van der Waals surface area contributed by atoms with Crippen molar-refractivity contribution in [3.8, 4) is 70.3 Å². The fraction of sp³-hybridized carbons (Fsp3) is 0.355. The predicted octanol–water partition coefficient (Wildman–Crippen LogP) is 8.82. The lowest BCUT2D eigenvalue weighted by molar-refractivity contribution is 0.122. The van der Waals surface area contributed by atoms with Gasteiger partial charge in [-0.2, -0.15) is 20.7 Å². The van der Waals surface area contributed by atoms with E-state index < -0.39 is 11.2 Å². The van der Waals surface area contributed by atoms with Crippen LogP contribution in [0.4, 0.5) is 11.6 Å². The molecule has 10 rings (SSSR count). The second-order valence-electron chi connectivity index (χ2n) is 21.4. The van der Waals surface area contributed by atoms with Gasteiger partial charge in [0.2, 0.25) is 11.8 Å². The molecule has 8 aromatic rings. The van der Waals surface area contributed by atoms with Gasteiger partial charge in [-0.25, -0.2) is 29.0 Å². The van der Waals surface area contributed by atoms with Crippen molar-refractivity contribution in [3.63, 3.8) is 0 Å². The minimum absolute atomic E-state index is 0.322. The summed E-state index contributed by atoms with van der Waals surface area (Å²) in [5.41, 5.74) is 7.04. The molecule has 4 atom stereocenters. The van der Waals surface area contributed by atoms with Crippen molar-refractivity contribution in [2.45, 2.75) is 104 Å². The average Bonchev–Trinajstić information content (AvgIpc) is 4.13. The summed E-state index contributed by atoms with van der Waals surface area (Å²) in [6, 6.07) is 25.9. The van der Waals surface area contributed by atoms with Gasteiger partial charge < -0.3 is 29.5 Å². The zero-order valence-electron chi connectivity index (χ0n) is 47.4. The van der Waals surface area contributed by atoms with Crippen molar-refractivity contribution in [3.05, 3.63) is 143 Å². The van der Waals surface area contributed by atoms with E-state index in [4.69, 9.17) is 31.0 Å². The minimum atomic E-state index is -1.12. The number of hydrogen-bond donors (Lipinski definition) is 2. The van der Waals surface area contributed by atoms with Gasteiger partial charge in [0.05, 0.1) is 48.8 Å². The fourth-order valence-electron chi connectivity index (χ4n) is 9.96. The van der Waals surface area contributed by atoms with Crippen LogP contribution in [0.25, 0.3) is 33.3 Å². The summed E-state index contributed by atoms with van der Waals surface area (Å²) >= 11 is 3.55. The molecule has 0 bridgehead atoms. The molecule has 2 aliphatic rings. The Labute approximate surface area is 482 Å². The van der Waals surface area contributed by atoms with Gasteiger partial charge >= 0.3 is 0 Å². The van der Waals surface area contributed by atoms with Gasteiger partial charge in [0, 0.05) is 145 Å². The molecular weight excluding hydrogens is 1080 g/mol. The normalized spacial score (nSPS) is 17.6. The number of nitriles is 2. The molecule has 0 aromatic carbocycles. The minimum Gasteiger partial charge on any atom is -0.481 e. The Morgan fingerprint density at radius 1 is 0.605 bits per heavy atom. The van der Waals surface area contributed by atoms with Gasteiger partial charge in [0.1, 0.15) is 35.0 Å². The quantitative estimate of drug-likeness (QED) is 0.123. The van der Waals surface area contributed by atoms with E-state index in [-0.39, 0.29) is 0 Å². The molecule has 81 heavy (non-hydrogen) atoms. The van der Waals surface area contributed by atoms with E-state index in [0.29, 0.717) is 58.1 Å². The first-order valence-corrected chi connectivity index (χ1v) is 27.3. The number of hydrogen-bond acceptors (Lipinski definition) is 16. The number of halogens is 1. The molecule has 2 N–H and O–H groups in total. The van der Waals surface area contributed by atoms with Crippen LogP contribution in [0, 0.1) is 46.8 Å². The average molecular weight is 1150 g/mol. The van der Waals surface area contributed by atoms with Crippen LogP contribution in [0.2, 0.25) is 0 Å². The van der Waals surface area contributed by atoms with Gasteiger partial charge in [0.15, 0.2) is 0 Å². The Balaban J connectivity index is 0.000000194. The van der Waals surface area contributed by atoms with E-state index in [1.165, 1.54) is 5.56 Å². The topological polar surface area (TPSA) is 206 Å². The van der Waals surface area contributed by atoms with E-state index >= 15 is 0 Å². The second kappa shape index (κ2) is 25.4. The third-order valence-electron chi connectivity index (χ3n) is 14.0. The zero-order valence-corrected chi connectivity index (χ0v) is 49.0. The van der Waals surface area contributed by atoms with Crippen molar-refractivity contribution in [2.75, 3.05) is 50.2 Å². The van der Waals surface area contributed by atoms with Crippen molar-refractivity contribution in [2.24, 2.45) is 0 Å². The van der Waals surface area contributed by atoms with Crippen LogP contribution < -0.4 is 19.3 Å². The van der Waals surface area contributed by atoms with Gasteiger partial charge in [-0.05, 0) is 119 Å². The van der Waals surface area contributed by atoms with Gasteiger partial charge in [-0.1, -0.05) is 29.9 Å². The molecule has 416 valence electrons. The SMILES string of the molecule is C#CC(C)(C)O.COc1ccc(CN2[C@H](C)CN(c3ccc(-c4cc(Br)cn5ncc(C#N)c45)cn3)C[C@@H]2C)cn1.COc1ccc(CN2[C@H](C)CN(c3ccc(-c4cc(C#CC(C)(C)O)cn5ncc(C#N)c45)cn3)C[C@@H]2C)cn1. The maximum absolute atomic E-state index is 10.1. The van der Waals surface area contributed by atoms with Crippen molar-refractivity contribution < 1.29 is 19.7 Å². The fourth-order valence-corrected chi connectivity index (χ4v) is 10.4. The lowest BCUT2D eigenvalue weighted by atomic mass is 10.0. The summed E-state index contributed by atoms with van der Waals surface area (Å²) in [6.07, 6.45) is 19.1. The molecule has 2 saturated heterocycles. The van der Waals surface area contributed by atoms with Crippen LogP contribution in [-0.2, 0) is 13.1 Å². The number of pyridine rings is 6. The standard InChI is InChI=1S/C31H33N7O2.C26H26BrN7O.C5H8O/c1-21-17-36(18-22(2)37(21)19-24-6-9-29(40-5)34-14-24)28-8-7-25(15-33-28)27-12-23(10-11-31(3,4)39)20-38-30(27)26(13-32)16-35-38;1-17-13-32(14-18(2)33(17)15-19-4-7-25(35-3)30-10-19)24-6-5-20(11-29-24)23-8-22(27)16-34-26(23)21(9-28)12-31-34;1-4-5(2,3)6/h6-9,12,14-16,20-22,39H,17-19H2,1-5H3;4-8,10-12,16-18H,13-15H2,1-3H3;1,6H,2-3H3/t21-,22+;17-,18+;. The molecule has 0 aliphatic carbocycles. The van der Waals surface area contributed by atoms with E-state index in [1.807, 2.05) is 67.4 Å². The summed E-state index contributed by atoms with van der Waals surface area (Å²) < 4.78 is 14.6. The van der Waals surface area contributed by atoms with Crippen LogP contribution in [-0.4, -0.2) is 135 Å². The zero-order chi connectivity index (χ0) is 58.2. The third kappa shape index (κ3) is 14.5. The van der Waals surface area contributed by atoms with Crippen LogP contribution in [0.1, 0.15) is 83.2 Å². The van der Waals surface area contributed by atoms with Gasteiger partial charge in [-0.15, -0.1) is 6.42 Å². The van der Waals surface area contributed by atoms with Crippen molar-refractivity contribution >= 4 is 38.6 Å². The highest BCUT2D eigenvalue weighted by Crippen LogP contribution is 2.33. The molecule has 0 amide bonds. The predicted molar refractivity (Wildman–Crippen MR) is 317 cm³/mol. The molecule has 0 saturated carbocycles. The van der Waals surface area contributed by atoms with Crippen LogP contribution >= 0.6 is 15.9 Å². The number of piperazine rings is 2. The van der Waals surface area contributed by atoms with Crippen LogP contribution in [0.5, 0.6) is 11.8 Å². The monoisotopic (exact) mass is 1150 g/mol. The molecule has 2 aliphatic heterocycles. The van der Waals surface area contributed by atoms with E-state index in [1.54, 1.807) is 69.5 Å². The Morgan fingerprint density at radius 2 is 1.04 bits per heavy atom. The Hall–Kier alpha value is -8.40. The number of fused-ring (bicyclic) bond motifs is 2. The third-order valence-corrected chi connectivity index (χ3v) is 14.4. The lowest BCUT2D eigenvalue weighted by Gasteiger charge is -2.45. The van der Waals surface area contributed by atoms with Crippen LogP contribution in [0.15, 0.2) is 115 Å². The number of aliphatic hydroxyl groups is 2. The molecule has 18 nitrogen and oxygen atoms in total. The van der Waals surface area contributed by atoms with Gasteiger partial charge in [-0.3, -0.25) is 9.80 Å². The molecule has 8 aromatic heterocycles. The highest BCUT2D eigenvalue weighted by molar-refractivity contribution is 9.10. The van der Waals surface area contributed by atoms with Crippen molar-refractivity contribution in [1.29, 1.82) is 10.5 Å². The summed E-state index contributed by atoms with van der Waals surface area (Å²) in [6.45, 7) is 20.6. The molecule has 19 heteroatoms. The molecule has 2 fully saturated rings. The van der Waals surface area contributed by atoms with Gasteiger partial charge in [0.25, 0.3) is 0 Å². The number of terminal acetylenes is 1. The molecule has 10 heterocycles. The maximum Gasteiger partial charge on any atom is 0.212 e. The number of anilines is 2. The van der Waals surface area contributed by atoms with E-state index in [2.05, 4.69) is 138 Å². The molecule has 0 radical (unpaired) electrons. The number of nitrogens with zero attached hydrogens (tertiary/aromatic N) is 14. The maximum atomic E-state index is 10.1. The van der Waals surface area contributed by atoms with Crippen LogP contribution in [0.3, 0.4) is 0 Å². The smallest absolute Gasteiger partial charge is 0.212 e. The highest BCUT2D eigenvalue weighted by Gasteiger charge is 2.32. The first kappa shape index (κ1) is 58.7. The van der Waals surface area contributed by atoms with E-state index in [0.717, 1.165) is 88.7 Å². The Kier molecular flexibility index (Phi) is 18.4. The molecule has 0 spiro atoms. The number of methoxy groups -OCH3 is 2. The molecular formula is C62H67BrN14O4. The summed E-state index contributed by atoms with van der Waals surface area (Å²) in [5, 5.41) is 46.5. The summed E-state index contributed by atoms with van der Waals surface area (Å²) in [4.78, 5) is 28.0. The first-order valence-electron chi connectivity index (χ1n) is 26.5. The number of rotatable bonds is 10.